The van der Waals surface area contributed by atoms with Crippen LogP contribution in [-0.2, 0) is 7.05 Å². The molecule has 0 aliphatic rings. The van der Waals surface area contributed by atoms with Crippen molar-refractivity contribution >= 4 is 24.0 Å². The minimum atomic E-state index is -1.51. The van der Waals surface area contributed by atoms with Crippen LogP contribution in [-0.4, -0.2) is 8.07 Å². The molecule has 2 aromatic carbocycles. The van der Waals surface area contributed by atoms with Crippen LogP contribution in [0.25, 0.3) is 22.0 Å². The Morgan fingerprint density at radius 1 is 0.906 bits per heavy atom. The first-order valence-corrected chi connectivity index (χ1v) is 15.5. The van der Waals surface area contributed by atoms with Crippen molar-refractivity contribution in [1.82, 2.24) is 0 Å². The first kappa shape index (κ1) is 24.7. The lowest BCUT2D eigenvalue weighted by Gasteiger charge is -2.31. The Labute approximate surface area is 197 Å². The number of nitrogens with zero attached hydrogens (tertiary/aromatic N) is 1. The zero-order chi connectivity index (χ0) is 24.0. The van der Waals surface area contributed by atoms with E-state index in [9.17, 15) is 0 Å². The normalized spacial score (nSPS) is 12.9. The number of benzene rings is 2. The van der Waals surface area contributed by atoms with Crippen LogP contribution in [0.5, 0.6) is 0 Å². The van der Waals surface area contributed by atoms with E-state index >= 15 is 0 Å². The summed E-state index contributed by atoms with van der Waals surface area (Å²) in [7, 11) is 0.684. The van der Waals surface area contributed by atoms with E-state index in [2.05, 4.69) is 123 Å². The van der Waals surface area contributed by atoms with Gasteiger partial charge in [-0.2, -0.15) is 0 Å². The molecule has 1 nitrogen and oxygen atoms in total. The monoisotopic (exact) mass is 446 g/mol. The van der Waals surface area contributed by atoms with E-state index < -0.39 is 8.07 Å². The Morgan fingerprint density at radius 2 is 1.56 bits per heavy atom. The Bertz CT molecular complexity index is 1130. The maximum Gasteiger partial charge on any atom is 0.220 e. The van der Waals surface area contributed by atoms with Gasteiger partial charge >= 0.3 is 0 Å². The molecule has 0 radical (unpaired) electrons. The molecule has 0 amide bonds. The predicted molar refractivity (Wildman–Crippen MR) is 145 cm³/mol. The standard InChI is InChI=1S/C30H44NSi/c1-20(2)24-17-27(21(3)4)22(5)28(18-24)29-26-13-12-25(16-23(26)14-15-31(29)9)32(10,11)19-30(6,7)8/h12-18,20-21H,19H2,1-11H3/q+1. The topological polar surface area (TPSA) is 3.88 Å². The second-order valence-corrected chi connectivity index (χ2v) is 17.0. The predicted octanol–water partition coefficient (Wildman–Crippen LogP) is 7.85. The highest BCUT2D eigenvalue weighted by molar-refractivity contribution is 6.90. The van der Waals surface area contributed by atoms with Gasteiger partial charge in [-0.05, 0) is 64.4 Å². The molecule has 0 unspecified atom stereocenters. The number of hydrogen-bond donors (Lipinski definition) is 0. The highest BCUT2D eigenvalue weighted by atomic mass is 28.3. The number of rotatable bonds is 5. The van der Waals surface area contributed by atoms with Crippen molar-refractivity contribution in [2.75, 3.05) is 0 Å². The van der Waals surface area contributed by atoms with Gasteiger partial charge in [0.25, 0.3) is 0 Å². The Morgan fingerprint density at radius 3 is 2.12 bits per heavy atom. The average molecular weight is 447 g/mol. The number of fused-ring (bicyclic) bond motifs is 1. The molecule has 3 aromatic rings. The van der Waals surface area contributed by atoms with Crippen LogP contribution in [0.4, 0.5) is 0 Å². The second kappa shape index (κ2) is 8.78. The molecule has 0 N–H and O–H groups in total. The lowest BCUT2D eigenvalue weighted by molar-refractivity contribution is -0.659. The van der Waals surface area contributed by atoms with Gasteiger partial charge in [-0.25, -0.2) is 4.57 Å². The van der Waals surface area contributed by atoms with Gasteiger partial charge < -0.3 is 0 Å². The van der Waals surface area contributed by atoms with Crippen molar-refractivity contribution in [2.24, 2.45) is 12.5 Å². The zero-order valence-electron chi connectivity index (χ0n) is 22.4. The molecule has 2 heteroatoms. The fraction of sp³-hybridized carbons (Fsp3) is 0.500. The van der Waals surface area contributed by atoms with Gasteiger partial charge in [-0.1, -0.05) is 84.9 Å². The summed E-state index contributed by atoms with van der Waals surface area (Å²) in [5.41, 5.74) is 7.40. The van der Waals surface area contributed by atoms with E-state index in [1.807, 2.05) is 0 Å². The van der Waals surface area contributed by atoms with Crippen LogP contribution in [0.1, 0.15) is 77.0 Å². The van der Waals surface area contributed by atoms with Gasteiger partial charge in [0.15, 0.2) is 6.20 Å². The van der Waals surface area contributed by atoms with Crippen molar-refractivity contribution in [3.8, 4) is 11.3 Å². The maximum absolute atomic E-state index is 2.52. The van der Waals surface area contributed by atoms with E-state index in [4.69, 9.17) is 0 Å². The van der Waals surface area contributed by atoms with Gasteiger partial charge in [0.2, 0.25) is 5.69 Å². The van der Waals surface area contributed by atoms with E-state index in [1.165, 1.54) is 44.8 Å². The molecule has 0 spiro atoms. The fourth-order valence-corrected chi connectivity index (χ4v) is 9.43. The molecule has 0 saturated carbocycles. The van der Waals surface area contributed by atoms with Crippen LogP contribution in [0, 0.1) is 12.3 Å². The van der Waals surface area contributed by atoms with E-state index in [0.29, 0.717) is 17.3 Å². The molecular weight excluding hydrogens is 402 g/mol. The summed E-state index contributed by atoms with van der Waals surface area (Å²) in [5, 5.41) is 4.29. The smallest absolute Gasteiger partial charge is 0.200 e. The third-order valence-corrected chi connectivity index (χ3v) is 10.7. The lowest BCUT2D eigenvalue weighted by atomic mass is 9.86. The van der Waals surface area contributed by atoms with Gasteiger partial charge in [0, 0.05) is 6.07 Å². The van der Waals surface area contributed by atoms with Crippen LogP contribution in [0.15, 0.2) is 42.6 Å². The molecule has 0 aliphatic carbocycles. The van der Waals surface area contributed by atoms with Crippen molar-refractivity contribution in [1.29, 1.82) is 0 Å². The molecule has 172 valence electrons. The lowest BCUT2D eigenvalue weighted by Crippen LogP contribution is -2.44. The first-order chi connectivity index (χ1) is 14.7. The number of hydrogen-bond acceptors (Lipinski definition) is 0. The van der Waals surface area contributed by atoms with Crippen molar-refractivity contribution in [2.45, 2.75) is 86.4 Å². The molecule has 1 heterocycles. The largest absolute Gasteiger partial charge is 0.220 e. The van der Waals surface area contributed by atoms with Crippen molar-refractivity contribution in [3.63, 3.8) is 0 Å². The highest BCUT2D eigenvalue weighted by Crippen LogP contribution is 2.35. The van der Waals surface area contributed by atoms with Gasteiger partial charge in [-0.3, -0.25) is 0 Å². The summed E-state index contributed by atoms with van der Waals surface area (Å²) in [6.07, 6.45) is 2.25. The van der Waals surface area contributed by atoms with Crippen LogP contribution in [0.3, 0.4) is 0 Å². The molecule has 0 fully saturated rings. The zero-order valence-corrected chi connectivity index (χ0v) is 23.4. The van der Waals surface area contributed by atoms with E-state index in [0.717, 1.165) is 0 Å². The van der Waals surface area contributed by atoms with Gasteiger partial charge in [-0.15, -0.1) is 0 Å². The molecule has 0 bridgehead atoms. The number of aromatic nitrogens is 1. The fourth-order valence-electron chi connectivity index (χ4n) is 5.50. The average Bonchev–Trinajstić information content (AvgIpc) is 2.66. The molecule has 0 saturated heterocycles. The minimum absolute atomic E-state index is 0.362. The Hall–Kier alpha value is -1.93. The SMILES string of the molecule is Cc1c(-c2c3ccc([Si](C)(C)CC(C)(C)C)cc3cc[n+]2C)cc(C(C)C)cc1C(C)C. The molecular formula is C30H44NSi+. The van der Waals surface area contributed by atoms with E-state index in [1.54, 1.807) is 5.19 Å². The summed E-state index contributed by atoms with van der Waals surface area (Å²) in [4.78, 5) is 0. The number of pyridine rings is 1. The van der Waals surface area contributed by atoms with Crippen LogP contribution >= 0.6 is 0 Å². The maximum atomic E-state index is 2.52. The molecule has 0 atom stereocenters. The Balaban J connectivity index is 2.26. The first-order valence-electron chi connectivity index (χ1n) is 12.3. The second-order valence-electron chi connectivity index (χ2n) is 12.3. The third kappa shape index (κ3) is 5.01. The summed E-state index contributed by atoms with van der Waals surface area (Å²) in [5.74, 6) is 1.03. The molecule has 3 rings (SSSR count). The molecule has 32 heavy (non-hydrogen) atoms. The van der Waals surface area contributed by atoms with Gasteiger partial charge in [0.1, 0.15) is 7.05 Å². The molecule has 0 aliphatic heterocycles. The van der Waals surface area contributed by atoms with Gasteiger partial charge in [0.05, 0.1) is 19.0 Å². The number of aryl methyl sites for hydroxylation is 1. The highest BCUT2D eigenvalue weighted by Gasteiger charge is 2.30. The van der Waals surface area contributed by atoms with Crippen LogP contribution in [0.2, 0.25) is 19.1 Å². The summed E-state index contributed by atoms with van der Waals surface area (Å²) >= 11 is 0. The minimum Gasteiger partial charge on any atom is -0.200 e. The summed E-state index contributed by atoms with van der Waals surface area (Å²) < 4.78 is 2.32. The van der Waals surface area contributed by atoms with Crippen LogP contribution < -0.4 is 9.75 Å². The quantitative estimate of drug-likeness (QED) is 0.277. The summed E-state index contributed by atoms with van der Waals surface area (Å²) in [6, 6.07) is 15.8. The van der Waals surface area contributed by atoms with Crippen molar-refractivity contribution < 1.29 is 4.57 Å². The van der Waals surface area contributed by atoms with E-state index in [-0.39, 0.29) is 0 Å². The Kier molecular flexibility index (Phi) is 6.78. The summed E-state index contributed by atoms with van der Waals surface area (Å²) in [6.45, 7) is 23.7. The molecule has 1 aromatic heterocycles. The van der Waals surface area contributed by atoms with Crippen molar-refractivity contribution in [3.05, 3.63) is 59.3 Å². The third-order valence-electron chi connectivity index (χ3n) is 6.90.